The van der Waals surface area contributed by atoms with Crippen LogP contribution in [0.25, 0.3) is 0 Å². The molecule has 2 saturated heterocycles. The molecule has 2 N–H and O–H groups in total. The molecule has 0 spiro atoms. The van der Waals surface area contributed by atoms with E-state index in [0.717, 1.165) is 38.8 Å². The average Bonchev–Trinajstić information content (AvgIpc) is 2.87. The Kier molecular flexibility index (Phi) is 6.09. The van der Waals surface area contributed by atoms with E-state index in [9.17, 15) is 4.79 Å². The maximum absolute atomic E-state index is 12.3. The zero-order valence-corrected chi connectivity index (χ0v) is 12.9. The van der Waals surface area contributed by atoms with E-state index >= 15 is 0 Å². The Labute approximate surface area is 122 Å². The van der Waals surface area contributed by atoms with Gasteiger partial charge in [-0.15, -0.1) is 12.4 Å². The number of carbonyl (C=O) groups excluding carboxylic acids is 1. The van der Waals surface area contributed by atoms with Gasteiger partial charge in [-0.1, -0.05) is 20.3 Å². The highest BCUT2D eigenvalue weighted by atomic mass is 35.5. The Hall–Kier alpha value is -0.320. The van der Waals surface area contributed by atoms with Crippen LogP contribution in [-0.4, -0.2) is 42.6 Å². The Morgan fingerprint density at radius 2 is 2.00 bits per heavy atom. The number of nitrogens with zero attached hydrogens (tertiary/aromatic N) is 1. The van der Waals surface area contributed by atoms with E-state index in [4.69, 9.17) is 10.5 Å². The molecule has 1 amide bonds. The number of piperidine rings is 1. The quantitative estimate of drug-likeness (QED) is 0.864. The molecule has 2 atom stereocenters. The summed E-state index contributed by atoms with van der Waals surface area (Å²) in [6.45, 7) is 6.86. The van der Waals surface area contributed by atoms with Gasteiger partial charge in [-0.2, -0.15) is 0 Å². The Bertz CT molecular complexity index is 304. The van der Waals surface area contributed by atoms with Crippen LogP contribution in [-0.2, 0) is 9.53 Å². The largest absolute Gasteiger partial charge is 0.364 e. The standard InChI is InChI=1S/C14H26N2O2.ClH/c1-3-14(2)6-8-16(9-7-14)13(17)12-5-4-11(10-15)18-12;/h11-12H,3-10,15H2,1-2H3;1H/t11-,12+;/m1./s1. The molecule has 0 unspecified atom stereocenters. The lowest BCUT2D eigenvalue weighted by Gasteiger charge is -2.39. The second-order valence-electron chi connectivity index (χ2n) is 6.05. The van der Waals surface area contributed by atoms with Crippen molar-refractivity contribution < 1.29 is 9.53 Å². The van der Waals surface area contributed by atoms with Crippen LogP contribution in [0.1, 0.15) is 46.0 Å². The number of rotatable bonds is 3. The highest BCUT2D eigenvalue weighted by Gasteiger charge is 2.36. The molecule has 2 aliphatic heterocycles. The van der Waals surface area contributed by atoms with E-state index in [1.165, 1.54) is 6.42 Å². The van der Waals surface area contributed by atoms with Crippen LogP contribution in [0.15, 0.2) is 0 Å². The van der Waals surface area contributed by atoms with Gasteiger partial charge in [0.15, 0.2) is 0 Å². The average molecular weight is 291 g/mol. The van der Waals surface area contributed by atoms with Crippen molar-refractivity contribution >= 4 is 18.3 Å². The van der Waals surface area contributed by atoms with E-state index < -0.39 is 0 Å². The molecule has 0 aromatic rings. The van der Waals surface area contributed by atoms with Gasteiger partial charge in [0.05, 0.1) is 6.10 Å². The van der Waals surface area contributed by atoms with Gasteiger partial charge >= 0.3 is 0 Å². The third-order valence-electron chi connectivity index (χ3n) is 4.78. The number of halogens is 1. The maximum atomic E-state index is 12.3. The summed E-state index contributed by atoms with van der Waals surface area (Å²) in [6.07, 6.45) is 5.04. The minimum Gasteiger partial charge on any atom is -0.364 e. The summed E-state index contributed by atoms with van der Waals surface area (Å²) in [4.78, 5) is 14.3. The fourth-order valence-electron chi connectivity index (χ4n) is 2.88. The van der Waals surface area contributed by atoms with Gasteiger partial charge in [0.25, 0.3) is 5.91 Å². The monoisotopic (exact) mass is 290 g/mol. The second kappa shape index (κ2) is 6.91. The number of likely N-dealkylation sites (tertiary alicyclic amines) is 1. The minimum atomic E-state index is -0.232. The van der Waals surface area contributed by atoms with Crippen molar-refractivity contribution in [2.75, 3.05) is 19.6 Å². The molecule has 2 aliphatic rings. The zero-order valence-electron chi connectivity index (χ0n) is 12.1. The van der Waals surface area contributed by atoms with Gasteiger partial charge in [-0.05, 0) is 31.1 Å². The van der Waals surface area contributed by atoms with Crippen LogP contribution in [0, 0.1) is 5.41 Å². The number of amides is 1. The van der Waals surface area contributed by atoms with Crippen molar-refractivity contribution in [1.29, 1.82) is 0 Å². The Morgan fingerprint density at radius 1 is 1.37 bits per heavy atom. The molecule has 0 aliphatic carbocycles. The van der Waals surface area contributed by atoms with Crippen LogP contribution in [0.4, 0.5) is 0 Å². The molecule has 0 radical (unpaired) electrons. The third kappa shape index (κ3) is 3.83. The molecule has 0 aromatic carbocycles. The first-order valence-corrected chi connectivity index (χ1v) is 7.22. The third-order valence-corrected chi connectivity index (χ3v) is 4.78. The molecule has 19 heavy (non-hydrogen) atoms. The number of nitrogens with two attached hydrogens (primary N) is 1. The zero-order chi connectivity index (χ0) is 13.2. The lowest BCUT2D eigenvalue weighted by Crippen LogP contribution is -2.46. The van der Waals surface area contributed by atoms with E-state index in [0.29, 0.717) is 12.0 Å². The number of ether oxygens (including phenoxy) is 1. The molecule has 112 valence electrons. The predicted molar refractivity (Wildman–Crippen MR) is 78.4 cm³/mol. The lowest BCUT2D eigenvalue weighted by molar-refractivity contribution is -0.145. The minimum absolute atomic E-state index is 0. The molecule has 5 heteroatoms. The van der Waals surface area contributed by atoms with Crippen molar-refractivity contribution in [2.45, 2.75) is 58.2 Å². The molecule has 2 rings (SSSR count). The normalized spacial score (nSPS) is 29.9. The topological polar surface area (TPSA) is 55.6 Å². The van der Waals surface area contributed by atoms with Gasteiger partial charge in [0.1, 0.15) is 6.10 Å². The highest BCUT2D eigenvalue weighted by molar-refractivity contribution is 5.85. The molecular weight excluding hydrogens is 264 g/mol. The summed E-state index contributed by atoms with van der Waals surface area (Å²) in [5.41, 5.74) is 6.00. The molecule has 0 aromatic heterocycles. The van der Waals surface area contributed by atoms with Gasteiger partial charge in [-0.3, -0.25) is 4.79 Å². The smallest absolute Gasteiger partial charge is 0.251 e. The molecule has 2 fully saturated rings. The number of hydrogen-bond donors (Lipinski definition) is 1. The highest BCUT2D eigenvalue weighted by Crippen LogP contribution is 2.34. The first kappa shape index (κ1) is 16.7. The van der Waals surface area contributed by atoms with Gasteiger partial charge in [0.2, 0.25) is 0 Å². The second-order valence-corrected chi connectivity index (χ2v) is 6.05. The number of carbonyl (C=O) groups is 1. The molecule has 0 saturated carbocycles. The summed E-state index contributed by atoms with van der Waals surface area (Å²) in [5, 5.41) is 0. The summed E-state index contributed by atoms with van der Waals surface area (Å²) in [7, 11) is 0. The first-order chi connectivity index (χ1) is 8.58. The van der Waals surface area contributed by atoms with Crippen molar-refractivity contribution in [3.63, 3.8) is 0 Å². The van der Waals surface area contributed by atoms with Crippen LogP contribution in [0.5, 0.6) is 0 Å². The maximum Gasteiger partial charge on any atom is 0.251 e. The summed E-state index contributed by atoms with van der Waals surface area (Å²) in [6, 6.07) is 0. The van der Waals surface area contributed by atoms with E-state index in [1.807, 2.05) is 4.90 Å². The van der Waals surface area contributed by atoms with Crippen molar-refractivity contribution in [3.05, 3.63) is 0 Å². The van der Waals surface area contributed by atoms with Crippen LogP contribution in [0.3, 0.4) is 0 Å². The van der Waals surface area contributed by atoms with Crippen LogP contribution < -0.4 is 5.73 Å². The molecular formula is C14H27ClN2O2. The van der Waals surface area contributed by atoms with Gasteiger partial charge in [0, 0.05) is 19.6 Å². The molecule has 0 bridgehead atoms. The fraction of sp³-hybridized carbons (Fsp3) is 0.929. The predicted octanol–water partition coefficient (Wildman–Crippen LogP) is 1.95. The van der Waals surface area contributed by atoms with Gasteiger partial charge < -0.3 is 15.4 Å². The molecule has 4 nitrogen and oxygen atoms in total. The van der Waals surface area contributed by atoms with Crippen molar-refractivity contribution in [3.8, 4) is 0 Å². The summed E-state index contributed by atoms with van der Waals surface area (Å²) < 4.78 is 5.69. The van der Waals surface area contributed by atoms with Crippen molar-refractivity contribution in [1.82, 2.24) is 4.90 Å². The first-order valence-electron chi connectivity index (χ1n) is 7.22. The summed E-state index contributed by atoms with van der Waals surface area (Å²) >= 11 is 0. The molecule has 2 heterocycles. The van der Waals surface area contributed by atoms with E-state index in [2.05, 4.69) is 13.8 Å². The van der Waals surface area contributed by atoms with Crippen molar-refractivity contribution in [2.24, 2.45) is 11.1 Å². The lowest BCUT2D eigenvalue weighted by atomic mass is 9.78. The van der Waals surface area contributed by atoms with E-state index in [-0.39, 0.29) is 30.5 Å². The summed E-state index contributed by atoms with van der Waals surface area (Å²) in [5.74, 6) is 0.184. The number of hydrogen-bond acceptors (Lipinski definition) is 3. The van der Waals surface area contributed by atoms with Crippen LogP contribution in [0.2, 0.25) is 0 Å². The fourth-order valence-corrected chi connectivity index (χ4v) is 2.88. The Morgan fingerprint density at radius 3 is 2.47 bits per heavy atom. The van der Waals surface area contributed by atoms with E-state index in [1.54, 1.807) is 0 Å². The SMILES string of the molecule is CCC1(C)CCN(C(=O)[C@@H]2CC[C@H](CN)O2)CC1.Cl. The van der Waals surface area contributed by atoms with Gasteiger partial charge in [-0.25, -0.2) is 0 Å². The van der Waals surface area contributed by atoms with Crippen LogP contribution >= 0.6 is 12.4 Å². The Balaban J connectivity index is 0.00000180.